The first-order valence-corrected chi connectivity index (χ1v) is 12.0. The van der Waals surface area contributed by atoms with Gasteiger partial charge in [0, 0.05) is 37.6 Å². The molecule has 0 saturated carbocycles. The van der Waals surface area contributed by atoms with Gasteiger partial charge in [0.05, 0.1) is 25.1 Å². The first kappa shape index (κ1) is 24.3. The monoisotopic (exact) mass is 462 g/mol. The van der Waals surface area contributed by atoms with Crippen molar-refractivity contribution in [2.45, 2.75) is 57.8 Å². The molecule has 10 heteroatoms. The number of nitrogens with zero attached hydrogens (tertiary/aromatic N) is 5. The molecule has 32 heavy (non-hydrogen) atoms. The number of aromatic nitrogens is 3. The Morgan fingerprint density at radius 1 is 1.19 bits per heavy atom. The van der Waals surface area contributed by atoms with Crippen molar-refractivity contribution < 1.29 is 14.0 Å². The summed E-state index contributed by atoms with van der Waals surface area (Å²) in [5, 5.41) is 12.4. The molecule has 0 radical (unpaired) electrons. The van der Waals surface area contributed by atoms with Crippen molar-refractivity contribution >= 4 is 23.6 Å². The van der Waals surface area contributed by atoms with Gasteiger partial charge in [-0.15, -0.1) is 10.2 Å². The van der Waals surface area contributed by atoms with Gasteiger partial charge in [0.15, 0.2) is 5.16 Å². The van der Waals surface area contributed by atoms with Crippen LogP contribution in [0.3, 0.4) is 0 Å². The van der Waals surface area contributed by atoms with E-state index in [4.69, 9.17) is 4.42 Å². The zero-order chi connectivity index (χ0) is 23.3. The maximum atomic E-state index is 12.8. The molecule has 0 spiro atoms. The number of furan rings is 1. The Balaban J connectivity index is 1.51. The average Bonchev–Trinajstić information content (AvgIpc) is 3.35. The molecule has 2 aromatic rings. The van der Waals surface area contributed by atoms with E-state index in [-0.39, 0.29) is 23.3 Å². The molecule has 176 valence electrons. The molecule has 0 bridgehead atoms. The number of carbonyl (C=O) groups excluding carboxylic acids is 2. The molecule has 2 aromatic heterocycles. The maximum absolute atomic E-state index is 12.8. The Bertz CT molecular complexity index is 895. The predicted octanol–water partition coefficient (Wildman–Crippen LogP) is 2.19. The minimum atomic E-state index is -0.237. The summed E-state index contributed by atoms with van der Waals surface area (Å²) < 4.78 is 7.51. The summed E-state index contributed by atoms with van der Waals surface area (Å²) in [5.41, 5.74) is -0.237. The van der Waals surface area contributed by atoms with E-state index >= 15 is 0 Å². The van der Waals surface area contributed by atoms with E-state index in [9.17, 15) is 9.59 Å². The molecule has 1 aliphatic rings. The summed E-state index contributed by atoms with van der Waals surface area (Å²) in [5.74, 6) is 2.31. The van der Waals surface area contributed by atoms with Crippen molar-refractivity contribution in [1.29, 1.82) is 0 Å². The largest absolute Gasteiger partial charge is 0.467 e. The van der Waals surface area contributed by atoms with Crippen LogP contribution < -0.4 is 5.32 Å². The van der Waals surface area contributed by atoms with Crippen LogP contribution in [-0.4, -0.2) is 80.4 Å². The molecule has 0 aromatic carbocycles. The van der Waals surface area contributed by atoms with Gasteiger partial charge in [0.25, 0.3) is 0 Å². The van der Waals surface area contributed by atoms with E-state index in [2.05, 4.69) is 34.3 Å². The standard InChI is InChI=1S/C22H34N6O3S/c1-16(2)20-24-25-21(28(20)13-17-7-6-12-31-17)32-15-19(30)27-10-8-26(9-11-27)14-18(29)23-22(3,4)5/h6-7,12,16H,8-11,13-15H2,1-5H3,(H,23,29). The van der Waals surface area contributed by atoms with Gasteiger partial charge in [-0.1, -0.05) is 25.6 Å². The van der Waals surface area contributed by atoms with Gasteiger partial charge in [-0.05, 0) is 32.9 Å². The van der Waals surface area contributed by atoms with E-state index < -0.39 is 0 Å². The highest BCUT2D eigenvalue weighted by Gasteiger charge is 2.25. The van der Waals surface area contributed by atoms with Crippen LogP contribution in [0.4, 0.5) is 0 Å². The zero-order valence-electron chi connectivity index (χ0n) is 19.6. The smallest absolute Gasteiger partial charge is 0.234 e. The van der Waals surface area contributed by atoms with Gasteiger partial charge in [-0.3, -0.25) is 19.1 Å². The average molecular weight is 463 g/mol. The van der Waals surface area contributed by atoms with Gasteiger partial charge >= 0.3 is 0 Å². The molecule has 1 N–H and O–H groups in total. The highest BCUT2D eigenvalue weighted by Crippen LogP contribution is 2.23. The fourth-order valence-electron chi connectivity index (χ4n) is 3.57. The summed E-state index contributed by atoms with van der Waals surface area (Å²) in [4.78, 5) is 28.9. The SMILES string of the molecule is CC(C)c1nnc(SCC(=O)N2CCN(CC(=O)NC(C)(C)C)CC2)n1Cc1ccco1. The molecule has 1 aliphatic heterocycles. The second-order valence-electron chi connectivity index (χ2n) is 9.40. The van der Waals surface area contributed by atoms with E-state index in [0.29, 0.717) is 45.0 Å². The van der Waals surface area contributed by atoms with Gasteiger partial charge in [0.2, 0.25) is 11.8 Å². The normalized spacial score (nSPS) is 15.4. The van der Waals surface area contributed by atoms with Crippen LogP contribution in [0.1, 0.15) is 52.1 Å². The fourth-order valence-corrected chi connectivity index (χ4v) is 4.42. The Labute approximate surface area is 193 Å². The van der Waals surface area contributed by atoms with Crippen molar-refractivity contribution in [3.8, 4) is 0 Å². The van der Waals surface area contributed by atoms with Crippen molar-refractivity contribution in [3.63, 3.8) is 0 Å². The number of nitrogens with one attached hydrogen (secondary N) is 1. The summed E-state index contributed by atoms with van der Waals surface area (Å²) >= 11 is 1.41. The van der Waals surface area contributed by atoms with E-state index in [1.165, 1.54) is 11.8 Å². The van der Waals surface area contributed by atoms with Crippen LogP contribution in [0.2, 0.25) is 0 Å². The van der Waals surface area contributed by atoms with Crippen LogP contribution >= 0.6 is 11.8 Å². The van der Waals surface area contributed by atoms with Gasteiger partial charge in [0.1, 0.15) is 11.6 Å². The maximum Gasteiger partial charge on any atom is 0.234 e. The number of rotatable bonds is 8. The second-order valence-corrected chi connectivity index (χ2v) is 10.3. The van der Waals surface area contributed by atoms with Crippen LogP contribution in [0.25, 0.3) is 0 Å². The fraction of sp³-hybridized carbons (Fsp3) is 0.636. The third kappa shape index (κ3) is 6.83. The summed E-state index contributed by atoms with van der Waals surface area (Å²) in [6.45, 7) is 13.6. The number of carbonyl (C=O) groups is 2. The van der Waals surface area contributed by atoms with Crippen LogP contribution in [0.15, 0.2) is 28.0 Å². The first-order chi connectivity index (χ1) is 15.1. The number of thioether (sulfide) groups is 1. The molecule has 3 rings (SSSR count). The van der Waals surface area contributed by atoms with E-state index in [0.717, 1.165) is 16.7 Å². The molecule has 0 atom stereocenters. The topological polar surface area (TPSA) is 96.5 Å². The van der Waals surface area contributed by atoms with Gasteiger partial charge in [-0.25, -0.2) is 0 Å². The second kappa shape index (κ2) is 10.5. The number of amides is 2. The third-order valence-corrected chi connectivity index (χ3v) is 6.04. The van der Waals surface area contributed by atoms with Crippen LogP contribution in [0.5, 0.6) is 0 Å². The third-order valence-electron chi connectivity index (χ3n) is 5.09. The van der Waals surface area contributed by atoms with Crippen molar-refractivity contribution in [2.75, 3.05) is 38.5 Å². The lowest BCUT2D eigenvalue weighted by atomic mass is 10.1. The Morgan fingerprint density at radius 2 is 1.91 bits per heavy atom. The molecular weight excluding hydrogens is 428 g/mol. The summed E-state index contributed by atoms with van der Waals surface area (Å²) in [7, 11) is 0. The van der Waals surface area contributed by atoms with E-state index in [1.54, 1.807) is 6.26 Å². The predicted molar refractivity (Wildman–Crippen MR) is 124 cm³/mol. The molecular formula is C22H34N6O3S. The quantitative estimate of drug-likeness (QED) is 0.601. The zero-order valence-corrected chi connectivity index (χ0v) is 20.4. The highest BCUT2D eigenvalue weighted by molar-refractivity contribution is 7.99. The Morgan fingerprint density at radius 3 is 2.50 bits per heavy atom. The molecule has 0 aliphatic carbocycles. The Hall–Kier alpha value is -2.33. The highest BCUT2D eigenvalue weighted by atomic mass is 32.2. The molecule has 0 unspecified atom stereocenters. The lowest BCUT2D eigenvalue weighted by Crippen LogP contribution is -2.53. The lowest BCUT2D eigenvalue weighted by molar-refractivity contribution is -0.130. The van der Waals surface area contributed by atoms with Crippen molar-refractivity contribution in [1.82, 2.24) is 29.9 Å². The lowest BCUT2D eigenvalue weighted by Gasteiger charge is -2.34. The first-order valence-electron chi connectivity index (χ1n) is 11.0. The van der Waals surface area contributed by atoms with Crippen molar-refractivity contribution in [3.05, 3.63) is 30.0 Å². The number of hydrogen-bond acceptors (Lipinski definition) is 7. The molecule has 2 amide bonds. The molecule has 1 saturated heterocycles. The molecule has 9 nitrogen and oxygen atoms in total. The van der Waals surface area contributed by atoms with Crippen molar-refractivity contribution in [2.24, 2.45) is 0 Å². The summed E-state index contributed by atoms with van der Waals surface area (Å²) in [6.07, 6.45) is 1.65. The minimum absolute atomic E-state index is 0.0182. The number of piperazine rings is 1. The van der Waals surface area contributed by atoms with Gasteiger partial charge in [-0.2, -0.15) is 0 Å². The molecule has 1 fully saturated rings. The van der Waals surface area contributed by atoms with Crippen LogP contribution in [-0.2, 0) is 16.1 Å². The number of hydrogen-bond donors (Lipinski definition) is 1. The molecule has 3 heterocycles. The van der Waals surface area contributed by atoms with E-state index in [1.807, 2.05) is 42.4 Å². The van der Waals surface area contributed by atoms with Gasteiger partial charge < -0.3 is 14.6 Å². The minimum Gasteiger partial charge on any atom is -0.467 e. The summed E-state index contributed by atoms with van der Waals surface area (Å²) in [6, 6.07) is 3.78. The van der Waals surface area contributed by atoms with Crippen LogP contribution in [0, 0.1) is 0 Å². The Kier molecular flexibility index (Phi) is 8.00.